The van der Waals surface area contributed by atoms with Crippen molar-refractivity contribution in [3.8, 4) is 17.1 Å². The van der Waals surface area contributed by atoms with E-state index in [0.717, 1.165) is 29.7 Å². The van der Waals surface area contributed by atoms with Crippen LogP contribution in [0, 0.1) is 6.92 Å². The van der Waals surface area contributed by atoms with Gasteiger partial charge in [0.25, 0.3) is 0 Å². The van der Waals surface area contributed by atoms with E-state index in [0.29, 0.717) is 28.7 Å². The minimum absolute atomic E-state index is 0.182. The first-order valence-electron chi connectivity index (χ1n) is 10.2. The maximum Gasteiger partial charge on any atom is 0.363 e. The minimum Gasteiger partial charge on any atom is -0.494 e. The van der Waals surface area contributed by atoms with E-state index in [2.05, 4.69) is 11.9 Å². The molecule has 0 unspecified atom stereocenters. The van der Waals surface area contributed by atoms with Crippen molar-refractivity contribution in [1.29, 1.82) is 0 Å². The number of hydrogen-bond donors (Lipinski definition) is 0. The van der Waals surface area contributed by atoms with E-state index < -0.39 is 5.97 Å². The number of carbonyl (C=O) groups excluding carboxylic acids is 1. The van der Waals surface area contributed by atoms with Crippen LogP contribution in [0.1, 0.15) is 36.7 Å². The molecule has 0 radical (unpaired) electrons. The highest BCUT2D eigenvalue weighted by Gasteiger charge is 2.24. The van der Waals surface area contributed by atoms with Crippen LogP contribution in [0.2, 0.25) is 5.02 Å². The van der Waals surface area contributed by atoms with Gasteiger partial charge in [0.2, 0.25) is 5.90 Å². The molecule has 0 aliphatic carbocycles. The van der Waals surface area contributed by atoms with Gasteiger partial charge in [0.1, 0.15) is 17.3 Å². The Morgan fingerprint density at radius 2 is 1.84 bits per heavy atom. The summed E-state index contributed by atoms with van der Waals surface area (Å²) < 4.78 is 16.8. The Bertz CT molecular complexity index is 1160. The number of ether oxygens (including phenoxy) is 2. The van der Waals surface area contributed by atoms with Crippen molar-refractivity contribution in [3.63, 3.8) is 0 Å². The van der Waals surface area contributed by atoms with Gasteiger partial charge in [-0.3, -0.25) is 0 Å². The monoisotopic (exact) mass is 435 g/mol. The maximum atomic E-state index is 12.3. The number of unbranched alkanes of at least 4 members (excludes halogenated alkanes) is 1. The van der Waals surface area contributed by atoms with Crippen molar-refractivity contribution >= 4 is 29.5 Å². The van der Waals surface area contributed by atoms with E-state index in [1.807, 2.05) is 55.5 Å². The lowest BCUT2D eigenvalue weighted by Gasteiger charge is -2.05. The van der Waals surface area contributed by atoms with Crippen LogP contribution in [0.5, 0.6) is 5.75 Å². The van der Waals surface area contributed by atoms with E-state index in [1.165, 1.54) is 0 Å². The molecule has 3 aromatic rings. The summed E-state index contributed by atoms with van der Waals surface area (Å²) in [5.41, 5.74) is 2.74. The molecule has 0 atom stereocenters. The quantitative estimate of drug-likeness (QED) is 0.243. The molecule has 6 heteroatoms. The van der Waals surface area contributed by atoms with Gasteiger partial charge in [0, 0.05) is 22.2 Å². The highest BCUT2D eigenvalue weighted by atomic mass is 35.5. The molecule has 0 N–H and O–H groups in total. The molecule has 2 heterocycles. The third kappa shape index (κ3) is 4.89. The summed E-state index contributed by atoms with van der Waals surface area (Å²) in [7, 11) is 0. The van der Waals surface area contributed by atoms with Crippen molar-refractivity contribution < 1.29 is 18.7 Å². The van der Waals surface area contributed by atoms with Gasteiger partial charge < -0.3 is 13.9 Å². The zero-order valence-corrected chi connectivity index (χ0v) is 18.1. The molecule has 0 saturated carbocycles. The van der Waals surface area contributed by atoms with Gasteiger partial charge in [-0.25, -0.2) is 9.79 Å². The van der Waals surface area contributed by atoms with Crippen molar-refractivity contribution in [2.75, 3.05) is 6.61 Å². The van der Waals surface area contributed by atoms with Gasteiger partial charge in [-0.05, 0) is 61.4 Å². The number of cyclic esters (lactones) is 1. The summed E-state index contributed by atoms with van der Waals surface area (Å²) in [6.07, 6.45) is 3.65. The molecule has 1 aliphatic heterocycles. The van der Waals surface area contributed by atoms with Crippen LogP contribution in [-0.4, -0.2) is 18.5 Å². The largest absolute Gasteiger partial charge is 0.494 e. The number of halogens is 1. The molecule has 4 rings (SSSR count). The smallest absolute Gasteiger partial charge is 0.363 e. The van der Waals surface area contributed by atoms with Gasteiger partial charge in [-0.2, -0.15) is 0 Å². The fraction of sp³-hybridized carbons (Fsp3) is 0.200. The van der Waals surface area contributed by atoms with Gasteiger partial charge in [0.15, 0.2) is 5.70 Å². The Balaban J connectivity index is 1.50. The number of furan rings is 1. The lowest BCUT2D eigenvalue weighted by molar-refractivity contribution is -0.129. The minimum atomic E-state index is -0.519. The number of hydrogen-bond acceptors (Lipinski definition) is 5. The van der Waals surface area contributed by atoms with E-state index in [9.17, 15) is 4.79 Å². The second-order valence-corrected chi connectivity index (χ2v) is 7.64. The number of esters is 1. The predicted octanol–water partition coefficient (Wildman–Crippen LogP) is 6.43. The summed E-state index contributed by atoms with van der Waals surface area (Å²) in [6, 6.07) is 16.7. The summed E-state index contributed by atoms with van der Waals surface area (Å²) in [6.45, 7) is 4.74. The highest BCUT2D eigenvalue weighted by Crippen LogP contribution is 2.28. The van der Waals surface area contributed by atoms with Gasteiger partial charge in [-0.1, -0.05) is 37.1 Å². The molecule has 31 heavy (non-hydrogen) atoms. The first-order valence-corrected chi connectivity index (χ1v) is 10.5. The summed E-state index contributed by atoms with van der Waals surface area (Å²) in [4.78, 5) is 16.6. The third-order valence-electron chi connectivity index (χ3n) is 4.85. The molecule has 158 valence electrons. The molecule has 2 aromatic carbocycles. The fourth-order valence-electron chi connectivity index (χ4n) is 3.03. The SMILES string of the molecule is CCCCOc1ccc(C2=NC(=Cc3ccc(-c4ccc(C)c(Cl)c4)o3)C(=O)O2)cc1. The topological polar surface area (TPSA) is 61.0 Å². The first-order chi connectivity index (χ1) is 15.0. The van der Waals surface area contributed by atoms with Crippen molar-refractivity contribution in [1.82, 2.24) is 0 Å². The molecule has 1 aliphatic rings. The molecular formula is C25H22ClNO4. The highest BCUT2D eigenvalue weighted by molar-refractivity contribution is 6.31. The average Bonchev–Trinajstić information content (AvgIpc) is 3.38. The molecule has 5 nitrogen and oxygen atoms in total. The van der Waals surface area contributed by atoms with Gasteiger partial charge >= 0.3 is 5.97 Å². The summed E-state index contributed by atoms with van der Waals surface area (Å²) in [5, 5.41) is 0.671. The summed E-state index contributed by atoms with van der Waals surface area (Å²) in [5.74, 6) is 1.67. The third-order valence-corrected chi connectivity index (χ3v) is 5.26. The Morgan fingerprint density at radius 3 is 2.58 bits per heavy atom. The van der Waals surface area contributed by atoms with E-state index >= 15 is 0 Å². The fourth-order valence-corrected chi connectivity index (χ4v) is 3.21. The normalized spacial score (nSPS) is 14.6. The number of aryl methyl sites for hydroxylation is 1. The molecule has 1 aromatic heterocycles. The Labute approximate surface area is 186 Å². The van der Waals surface area contributed by atoms with Crippen LogP contribution >= 0.6 is 11.6 Å². The summed E-state index contributed by atoms with van der Waals surface area (Å²) >= 11 is 6.20. The maximum absolute atomic E-state index is 12.3. The van der Waals surface area contributed by atoms with Gasteiger partial charge in [0.05, 0.1) is 6.61 Å². The van der Waals surface area contributed by atoms with E-state index in [4.69, 9.17) is 25.5 Å². The second kappa shape index (κ2) is 9.23. The average molecular weight is 436 g/mol. The number of carbonyl (C=O) groups is 1. The van der Waals surface area contributed by atoms with Crippen LogP contribution in [0.3, 0.4) is 0 Å². The lowest BCUT2D eigenvalue weighted by atomic mass is 10.1. The molecule has 0 amide bonds. The van der Waals surface area contributed by atoms with E-state index in [1.54, 1.807) is 12.1 Å². The van der Waals surface area contributed by atoms with Crippen molar-refractivity contribution in [3.05, 3.63) is 82.2 Å². The Morgan fingerprint density at radius 1 is 1.06 bits per heavy atom. The number of rotatable bonds is 7. The van der Waals surface area contributed by atoms with Crippen molar-refractivity contribution in [2.45, 2.75) is 26.7 Å². The standard InChI is InChI=1S/C25H22ClNO4/c1-3-4-13-29-19-9-7-17(8-10-19)24-27-22(25(28)31-24)15-20-11-12-23(30-20)18-6-5-16(2)21(26)14-18/h5-12,14-15H,3-4,13H2,1-2H3. The molecule has 0 fully saturated rings. The van der Waals surface area contributed by atoms with Crippen molar-refractivity contribution in [2.24, 2.45) is 4.99 Å². The predicted molar refractivity (Wildman–Crippen MR) is 121 cm³/mol. The molecule has 0 saturated heterocycles. The second-order valence-electron chi connectivity index (χ2n) is 7.23. The number of aliphatic imine (C=N–C) groups is 1. The molecular weight excluding hydrogens is 414 g/mol. The number of benzene rings is 2. The Kier molecular flexibility index (Phi) is 6.23. The lowest BCUT2D eigenvalue weighted by Crippen LogP contribution is -2.05. The number of nitrogens with zero attached hydrogens (tertiary/aromatic N) is 1. The van der Waals surface area contributed by atoms with Crippen LogP contribution in [0.15, 0.2) is 69.7 Å². The van der Waals surface area contributed by atoms with Crippen LogP contribution in [-0.2, 0) is 9.53 Å². The zero-order valence-electron chi connectivity index (χ0n) is 17.4. The zero-order chi connectivity index (χ0) is 21.8. The molecule has 0 spiro atoms. The van der Waals surface area contributed by atoms with Gasteiger partial charge in [-0.15, -0.1) is 0 Å². The first kappa shape index (κ1) is 20.9. The van der Waals surface area contributed by atoms with Crippen LogP contribution < -0.4 is 4.74 Å². The molecule has 0 bridgehead atoms. The van der Waals surface area contributed by atoms with E-state index in [-0.39, 0.29) is 11.6 Å². The Hall–Kier alpha value is -3.31. The van der Waals surface area contributed by atoms with Crippen LogP contribution in [0.4, 0.5) is 0 Å². The van der Waals surface area contributed by atoms with Crippen LogP contribution in [0.25, 0.3) is 17.4 Å².